The predicted molar refractivity (Wildman–Crippen MR) is 151 cm³/mol. The van der Waals surface area contributed by atoms with E-state index in [4.69, 9.17) is 33.0 Å². The fourth-order valence-corrected chi connectivity index (χ4v) is 5.86. The van der Waals surface area contributed by atoms with Crippen molar-refractivity contribution in [3.8, 4) is 17.1 Å². The van der Waals surface area contributed by atoms with E-state index in [0.29, 0.717) is 16.2 Å². The molecule has 3 heterocycles. The Morgan fingerprint density at radius 1 is 1.00 bits per heavy atom. The van der Waals surface area contributed by atoms with E-state index in [1.165, 1.54) is 12.8 Å². The Bertz CT molecular complexity index is 1400. The number of hydrogen-bond donors (Lipinski definition) is 1. The summed E-state index contributed by atoms with van der Waals surface area (Å²) < 4.78 is 12.7. The molecule has 2 unspecified atom stereocenters. The quantitative estimate of drug-likeness (QED) is 0.257. The van der Waals surface area contributed by atoms with Crippen LogP contribution in [0.25, 0.3) is 11.3 Å². The van der Waals surface area contributed by atoms with Gasteiger partial charge in [0.2, 0.25) is 0 Å². The maximum atomic E-state index is 6.50. The fourth-order valence-electron chi connectivity index (χ4n) is 5.34. The first-order chi connectivity index (χ1) is 18.1. The van der Waals surface area contributed by atoms with Crippen molar-refractivity contribution in [2.75, 3.05) is 4.90 Å². The molecule has 7 heteroatoms. The molecule has 1 saturated heterocycles. The molecule has 0 amide bonds. The van der Waals surface area contributed by atoms with Gasteiger partial charge in [-0.05, 0) is 105 Å². The molecule has 6 rings (SSSR count). The smallest absolute Gasteiger partial charge is 0.174 e. The van der Waals surface area contributed by atoms with Gasteiger partial charge in [0.25, 0.3) is 0 Å². The number of furan rings is 1. The third-order valence-corrected chi connectivity index (χ3v) is 7.99. The van der Waals surface area contributed by atoms with Gasteiger partial charge in [-0.15, -0.1) is 0 Å². The summed E-state index contributed by atoms with van der Waals surface area (Å²) in [6.07, 6.45) is 6.86. The summed E-state index contributed by atoms with van der Waals surface area (Å²) in [5.41, 5.74) is 3.83. The lowest BCUT2D eigenvalue weighted by Crippen LogP contribution is -2.29. The van der Waals surface area contributed by atoms with Crippen LogP contribution in [0.15, 0.2) is 83.4 Å². The Hall–Kier alpha value is -3.35. The number of nitrogens with zero attached hydrogens (tertiary/aromatic N) is 2. The van der Waals surface area contributed by atoms with Crippen LogP contribution in [0.5, 0.6) is 5.75 Å². The maximum absolute atomic E-state index is 6.50. The molecule has 0 bridgehead atoms. The van der Waals surface area contributed by atoms with Crippen LogP contribution in [0.2, 0.25) is 5.02 Å². The molecule has 2 aromatic heterocycles. The normalized spacial score (nSPS) is 19.8. The number of pyridine rings is 1. The first-order valence-electron chi connectivity index (χ1n) is 12.7. The fraction of sp³-hybridized carbons (Fsp3) is 0.267. The van der Waals surface area contributed by atoms with Crippen LogP contribution < -0.4 is 15.0 Å². The lowest BCUT2D eigenvalue weighted by molar-refractivity contribution is 0.210. The van der Waals surface area contributed by atoms with E-state index in [0.717, 1.165) is 52.6 Å². The van der Waals surface area contributed by atoms with Gasteiger partial charge in [0.15, 0.2) is 5.11 Å². The van der Waals surface area contributed by atoms with Crippen LogP contribution >= 0.6 is 23.8 Å². The molecule has 4 aromatic rings. The van der Waals surface area contributed by atoms with Crippen LogP contribution in [-0.2, 0) is 0 Å². The highest BCUT2D eigenvalue weighted by Crippen LogP contribution is 2.43. The third kappa shape index (κ3) is 4.72. The zero-order valence-corrected chi connectivity index (χ0v) is 22.1. The summed E-state index contributed by atoms with van der Waals surface area (Å²) >= 11 is 12.3. The highest BCUT2D eigenvalue weighted by Gasteiger charge is 2.42. The largest absolute Gasteiger partial charge is 0.490 e. The third-order valence-electron chi connectivity index (χ3n) is 7.27. The molecule has 1 saturated carbocycles. The molecular formula is C30H28ClN3O2S. The summed E-state index contributed by atoms with van der Waals surface area (Å²) in [5, 5.41) is 4.83. The number of hydrogen-bond acceptors (Lipinski definition) is 4. The van der Waals surface area contributed by atoms with E-state index >= 15 is 0 Å². The van der Waals surface area contributed by atoms with Crippen molar-refractivity contribution >= 4 is 34.6 Å². The molecule has 1 aliphatic heterocycles. The topological polar surface area (TPSA) is 50.5 Å². The van der Waals surface area contributed by atoms with Crippen molar-refractivity contribution in [3.63, 3.8) is 0 Å². The second kappa shape index (κ2) is 10.2. The summed E-state index contributed by atoms with van der Waals surface area (Å²) in [6.45, 7) is 2.00. The minimum atomic E-state index is -0.225. The van der Waals surface area contributed by atoms with E-state index in [-0.39, 0.29) is 12.1 Å². The van der Waals surface area contributed by atoms with Crippen LogP contribution in [0, 0.1) is 6.92 Å². The number of halogens is 1. The van der Waals surface area contributed by atoms with Gasteiger partial charge in [-0.2, -0.15) is 0 Å². The summed E-state index contributed by atoms with van der Waals surface area (Å²) in [6, 6.07) is 23.6. The Morgan fingerprint density at radius 3 is 2.57 bits per heavy atom. The maximum Gasteiger partial charge on any atom is 0.174 e. The van der Waals surface area contributed by atoms with Gasteiger partial charge in [-0.3, -0.25) is 4.98 Å². The van der Waals surface area contributed by atoms with E-state index < -0.39 is 0 Å². The lowest BCUT2D eigenvalue weighted by atomic mass is 10.0. The number of rotatable bonds is 6. The Labute approximate surface area is 227 Å². The molecule has 2 fully saturated rings. The molecule has 5 nitrogen and oxygen atoms in total. The van der Waals surface area contributed by atoms with Gasteiger partial charge in [-0.25, -0.2) is 0 Å². The van der Waals surface area contributed by atoms with Gasteiger partial charge in [0.1, 0.15) is 23.3 Å². The number of thiocarbonyl (C=S) groups is 1. The second-order valence-electron chi connectivity index (χ2n) is 9.63. The summed E-state index contributed by atoms with van der Waals surface area (Å²) in [7, 11) is 0. The Kier molecular flexibility index (Phi) is 6.61. The summed E-state index contributed by atoms with van der Waals surface area (Å²) in [5.74, 6) is 2.46. The van der Waals surface area contributed by atoms with Crippen molar-refractivity contribution in [1.82, 2.24) is 10.3 Å². The van der Waals surface area contributed by atoms with E-state index in [9.17, 15) is 0 Å². The first-order valence-corrected chi connectivity index (χ1v) is 13.5. The number of anilines is 1. The minimum Gasteiger partial charge on any atom is -0.490 e. The zero-order valence-electron chi connectivity index (χ0n) is 20.6. The highest BCUT2D eigenvalue weighted by molar-refractivity contribution is 7.80. The van der Waals surface area contributed by atoms with E-state index in [1.807, 2.05) is 67.6 Å². The molecule has 0 radical (unpaired) electrons. The molecular weight excluding hydrogens is 502 g/mol. The SMILES string of the molecule is Cc1c(Cl)cccc1-c1ccc(C2C(c3ccccn3)NC(=S)N2c2ccc(OC3CCCC3)cc2)o1. The average Bonchev–Trinajstić information content (AvgIpc) is 3.67. The van der Waals surface area contributed by atoms with Gasteiger partial charge in [-0.1, -0.05) is 29.8 Å². The first kappa shape index (κ1) is 24.0. The average molecular weight is 530 g/mol. The van der Waals surface area contributed by atoms with Crippen molar-refractivity contribution in [1.29, 1.82) is 0 Å². The van der Waals surface area contributed by atoms with Gasteiger partial charge in [0.05, 0.1) is 17.8 Å². The molecule has 1 N–H and O–H groups in total. The van der Waals surface area contributed by atoms with Crippen LogP contribution in [0.1, 0.15) is 54.8 Å². The predicted octanol–water partition coefficient (Wildman–Crippen LogP) is 7.80. The number of ether oxygens (including phenoxy) is 1. The second-order valence-corrected chi connectivity index (χ2v) is 10.4. The molecule has 1 aliphatic carbocycles. The number of aromatic nitrogens is 1. The minimum absolute atomic E-state index is 0.178. The molecule has 2 atom stereocenters. The van der Waals surface area contributed by atoms with Crippen molar-refractivity contribution in [2.45, 2.75) is 50.8 Å². The highest BCUT2D eigenvalue weighted by atomic mass is 35.5. The number of nitrogens with one attached hydrogen (secondary N) is 1. The van der Waals surface area contributed by atoms with Gasteiger partial charge in [0, 0.05) is 22.5 Å². The van der Waals surface area contributed by atoms with E-state index in [2.05, 4.69) is 27.3 Å². The van der Waals surface area contributed by atoms with Crippen LogP contribution in [0.3, 0.4) is 0 Å². The van der Waals surface area contributed by atoms with Crippen molar-refractivity contribution in [2.24, 2.45) is 0 Å². The molecule has 2 aromatic carbocycles. The van der Waals surface area contributed by atoms with Crippen LogP contribution in [-0.4, -0.2) is 16.2 Å². The van der Waals surface area contributed by atoms with E-state index in [1.54, 1.807) is 6.20 Å². The number of benzene rings is 2. The lowest BCUT2D eigenvalue weighted by Gasteiger charge is -2.26. The molecule has 188 valence electrons. The van der Waals surface area contributed by atoms with Crippen molar-refractivity contribution < 1.29 is 9.15 Å². The van der Waals surface area contributed by atoms with Crippen LogP contribution in [0.4, 0.5) is 5.69 Å². The Morgan fingerprint density at radius 2 is 1.81 bits per heavy atom. The summed E-state index contributed by atoms with van der Waals surface area (Å²) in [4.78, 5) is 6.75. The molecule has 37 heavy (non-hydrogen) atoms. The Balaban J connectivity index is 1.36. The standard InChI is InChI=1S/C30H28ClN3O2S/c1-19-23(9-6-10-24(19)31)26-16-17-27(36-26)29-28(25-11-4-5-18-32-25)33-30(37)34(29)20-12-14-22(15-13-20)35-21-7-2-3-8-21/h4-6,9-18,21,28-29H,2-3,7-8H2,1H3,(H,33,37). The zero-order chi connectivity index (χ0) is 25.4. The van der Waals surface area contributed by atoms with Crippen molar-refractivity contribution in [3.05, 3.63) is 101 Å². The monoisotopic (exact) mass is 529 g/mol. The van der Waals surface area contributed by atoms with Gasteiger partial charge < -0.3 is 19.4 Å². The molecule has 2 aliphatic rings. The molecule has 0 spiro atoms. The van der Waals surface area contributed by atoms with Gasteiger partial charge >= 0.3 is 0 Å².